The van der Waals surface area contributed by atoms with Gasteiger partial charge in [-0.3, -0.25) is 9.59 Å². The van der Waals surface area contributed by atoms with Crippen LogP contribution in [0.3, 0.4) is 0 Å². The lowest BCUT2D eigenvalue weighted by atomic mass is 10.0. The Morgan fingerprint density at radius 3 is 2.02 bits per heavy atom. The molecular formula is C36H49BrN2O3. The quantitative estimate of drug-likeness (QED) is 0.101. The van der Waals surface area contributed by atoms with E-state index in [0.717, 1.165) is 29.7 Å². The van der Waals surface area contributed by atoms with E-state index in [9.17, 15) is 9.59 Å². The first-order valence-electron chi connectivity index (χ1n) is 15.7. The number of anilines is 1. The second kappa shape index (κ2) is 20.8. The summed E-state index contributed by atoms with van der Waals surface area (Å²) in [5.74, 6) is 0.437. The van der Waals surface area contributed by atoms with Crippen LogP contribution in [-0.2, 0) is 17.8 Å². The number of carbonyl (C=O) groups is 2. The van der Waals surface area contributed by atoms with E-state index in [1.807, 2.05) is 67.0 Å². The lowest BCUT2D eigenvalue weighted by Gasteiger charge is -2.13. The summed E-state index contributed by atoms with van der Waals surface area (Å²) in [6.07, 6.45) is 19.8. The molecule has 1 amide bonds. The Morgan fingerprint density at radius 2 is 1.38 bits per heavy atom. The highest BCUT2D eigenvalue weighted by atomic mass is 79.9. The Bertz CT molecular complexity index is 1200. The number of unbranched alkanes of at least 4 members (excludes halogenated alkanes) is 11. The van der Waals surface area contributed by atoms with Gasteiger partial charge in [0.15, 0.2) is 24.7 Å². The number of rotatable bonds is 20. The van der Waals surface area contributed by atoms with Gasteiger partial charge in [0.05, 0.1) is 24.3 Å². The number of pyridine rings is 1. The normalized spacial score (nSPS) is 10.6. The number of para-hydroxylation sites is 1. The Kier molecular flexibility index (Phi) is 17.5. The molecule has 0 spiro atoms. The van der Waals surface area contributed by atoms with E-state index in [1.165, 1.54) is 64.2 Å². The molecule has 2 aromatic carbocycles. The molecule has 0 saturated carbocycles. The Balaban J connectivity index is 0.00000616. The van der Waals surface area contributed by atoms with Crippen LogP contribution in [0.1, 0.15) is 112 Å². The summed E-state index contributed by atoms with van der Waals surface area (Å²) in [7, 11) is 0. The van der Waals surface area contributed by atoms with Gasteiger partial charge >= 0.3 is 0 Å². The molecule has 228 valence electrons. The highest BCUT2D eigenvalue weighted by Crippen LogP contribution is 2.23. The molecule has 3 rings (SSSR count). The lowest BCUT2D eigenvalue weighted by molar-refractivity contribution is -0.688. The lowest BCUT2D eigenvalue weighted by Crippen LogP contribution is -3.00. The highest BCUT2D eigenvalue weighted by Gasteiger charge is 2.14. The highest BCUT2D eigenvalue weighted by molar-refractivity contribution is 5.98. The topological polar surface area (TPSA) is 59.3 Å². The number of benzene rings is 2. The van der Waals surface area contributed by atoms with E-state index in [0.29, 0.717) is 24.5 Å². The fourth-order valence-corrected chi connectivity index (χ4v) is 5.11. The maximum absolute atomic E-state index is 12.9. The van der Waals surface area contributed by atoms with Gasteiger partial charge in [0.2, 0.25) is 5.91 Å². The summed E-state index contributed by atoms with van der Waals surface area (Å²) >= 11 is 0. The number of nitrogens with zero attached hydrogens (tertiary/aromatic N) is 1. The van der Waals surface area contributed by atoms with E-state index in [4.69, 9.17) is 4.74 Å². The number of carbonyl (C=O) groups excluding carboxylic acids is 2. The smallest absolute Gasteiger partial charge is 0.228 e. The van der Waals surface area contributed by atoms with E-state index >= 15 is 0 Å². The van der Waals surface area contributed by atoms with Crippen LogP contribution in [0.5, 0.6) is 5.75 Å². The van der Waals surface area contributed by atoms with Gasteiger partial charge in [0.25, 0.3) is 0 Å². The van der Waals surface area contributed by atoms with Gasteiger partial charge in [0.1, 0.15) is 5.75 Å². The minimum atomic E-state index is -0.116. The molecule has 1 N–H and O–H groups in total. The number of aromatic nitrogens is 1. The van der Waals surface area contributed by atoms with Crippen molar-refractivity contribution in [2.75, 3.05) is 11.9 Å². The standard InChI is InChI=1S/C36H48N2O3.BrH/c1-3-4-5-6-7-8-9-10-11-12-13-19-26-41-35-23-22-31(27-33(35)30(2)39)28-36(40)37-34-21-16-15-20-32(34)29-38-24-17-14-18-25-38;/h14-18,20-25,27H,3-13,19,26,28-29H2,1-2H3;1H. The molecule has 6 heteroatoms. The average Bonchev–Trinajstić information content (AvgIpc) is 2.97. The second-order valence-corrected chi connectivity index (χ2v) is 11.1. The van der Waals surface area contributed by atoms with Crippen molar-refractivity contribution in [2.24, 2.45) is 0 Å². The van der Waals surface area contributed by atoms with Crippen LogP contribution in [0.4, 0.5) is 5.69 Å². The molecule has 0 aliphatic carbocycles. The minimum Gasteiger partial charge on any atom is -1.00 e. The summed E-state index contributed by atoms with van der Waals surface area (Å²) in [5, 5.41) is 3.05. The van der Waals surface area contributed by atoms with Gasteiger partial charge in [-0.2, -0.15) is 0 Å². The molecular weight excluding hydrogens is 588 g/mol. The van der Waals surface area contributed by atoms with Crippen molar-refractivity contribution in [3.8, 4) is 5.75 Å². The van der Waals surface area contributed by atoms with E-state index in [1.54, 1.807) is 13.0 Å². The molecule has 0 unspecified atom stereocenters. The fraction of sp³-hybridized carbons (Fsp3) is 0.472. The van der Waals surface area contributed by atoms with Crippen LogP contribution in [0.25, 0.3) is 0 Å². The first-order chi connectivity index (χ1) is 20.1. The predicted molar refractivity (Wildman–Crippen MR) is 168 cm³/mol. The molecule has 0 aliphatic rings. The van der Waals surface area contributed by atoms with E-state index in [2.05, 4.69) is 16.8 Å². The number of Topliss-reactive ketones (excluding diaryl/α,β-unsaturated/α-hetero) is 1. The van der Waals surface area contributed by atoms with Crippen LogP contribution >= 0.6 is 0 Å². The zero-order valence-electron chi connectivity index (χ0n) is 25.6. The summed E-state index contributed by atoms with van der Waals surface area (Å²) in [4.78, 5) is 25.3. The zero-order valence-corrected chi connectivity index (χ0v) is 27.2. The largest absolute Gasteiger partial charge is 1.00 e. The van der Waals surface area contributed by atoms with Crippen molar-refractivity contribution in [3.63, 3.8) is 0 Å². The molecule has 5 nitrogen and oxygen atoms in total. The monoisotopic (exact) mass is 636 g/mol. The van der Waals surface area contributed by atoms with Crippen molar-refractivity contribution in [1.82, 2.24) is 0 Å². The third-order valence-electron chi connectivity index (χ3n) is 7.47. The van der Waals surface area contributed by atoms with Crippen molar-refractivity contribution < 1.29 is 35.9 Å². The molecule has 0 radical (unpaired) electrons. The number of ketones is 1. The summed E-state index contributed by atoms with van der Waals surface area (Å²) in [6.45, 7) is 5.08. The van der Waals surface area contributed by atoms with Crippen molar-refractivity contribution in [2.45, 2.75) is 104 Å². The molecule has 0 bridgehead atoms. The predicted octanol–water partition coefficient (Wildman–Crippen LogP) is 5.49. The first kappa shape index (κ1) is 35.2. The summed E-state index contributed by atoms with van der Waals surface area (Å²) in [6, 6.07) is 19.3. The van der Waals surface area contributed by atoms with Crippen LogP contribution in [0.15, 0.2) is 73.1 Å². The first-order valence-corrected chi connectivity index (χ1v) is 15.7. The maximum atomic E-state index is 12.9. The average molecular weight is 638 g/mol. The molecule has 0 atom stereocenters. The SMILES string of the molecule is CCCCCCCCCCCCCCOc1ccc(CC(=O)Nc2ccccc2C[n+]2ccccc2)cc1C(C)=O.[Br-]. The molecule has 0 saturated heterocycles. The molecule has 0 aliphatic heterocycles. The van der Waals surface area contributed by atoms with Gasteiger partial charge < -0.3 is 27.0 Å². The van der Waals surface area contributed by atoms with Crippen LogP contribution in [0, 0.1) is 0 Å². The molecule has 1 aromatic heterocycles. The summed E-state index contributed by atoms with van der Waals surface area (Å²) in [5.41, 5.74) is 3.15. The van der Waals surface area contributed by atoms with Crippen molar-refractivity contribution in [3.05, 3.63) is 89.7 Å². The van der Waals surface area contributed by atoms with Gasteiger partial charge in [-0.25, -0.2) is 4.57 Å². The van der Waals surface area contributed by atoms with E-state index in [-0.39, 0.29) is 35.1 Å². The number of nitrogens with one attached hydrogen (secondary N) is 1. The molecule has 1 heterocycles. The maximum Gasteiger partial charge on any atom is 0.228 e. The van der Waals surface area contributed by atoms with Gasteiger partial charge in [-0.15, -0.1) is 0 Å². The van der Waals surface area contributed by atoms with Crippen LogP contribution < -0.4 is 31.6 Å². The van der Waals surface area contributed by atoms with Gasteiger partial charge in [0, 0.05) is 17.7 Å². The Hall–Kier alpha value is -2.99. The number of hydrogen-bond acceptors (Lipinski definition) is 3. The zero-order chi connectivity index (χ0) is 29.1. The van der Waals surface area contributed by atoms with Crippen molar-refractivity contribution in [1.29, 1.82) is 0 Å². The fourth-order valence-electron chi connectivity index (χ4n) is 5.11. The van der Waals surface area contributed by atoms with Gasteiger partial charge in [-0.1, -0.05) is 108 Å². The van der Waals surface area contributed by atoms with Crippen molar-refractivity contribution >= 4 is 17.4 Å². The molecule has 42 heavy (non-hydrogen) atoms. The third-order valence-corrected chi connectivity index (χ3v) is 7.47. The number of amides is 1. The summed E-state index contributed by atoms with van der Waals surface area (Å²) < 4.78 is 8.06. The second-order valence-electron chi connectivity index (χ2n) is 11.1. The minimum absolute atomic E-state index is 0. The van der Waals surface area contributed by atoms with Crippen LogP contribution in [-0.4, -0.2) is 18.3 Å². The number of hydrogen-bond donors (Lipinski definition) is 1. The Morgan fingerprint density at radius 1 is 0.762 bits per heavy atom. The third kappa shape index (κ3) is 13.3. The molecule has 0 fully saturated rings. The van der Waals surface area contributed by atoms with E-state index < -0.39 is 0 Å². The molecule has 3 aromatic rings. The van der Waals surface area contributed by atoms with Crippen LogP contribution in [0.2, 0.25) is 0 Å². The van der Waals surface area contributed by atoms with Gasteiger partial charge in [-0.05, 0) is 37.1 Å². The number of halogens is 1. The Labute approximate surface area is 263 Å². The number of ether oxygens (including phenoxy) is 1.